The summed E-state index contributed by atoms with van der Waals surface area (Å²) in [5, 5.41) is 15.8. The highest BCUT2D eigenvalue weighted by molar-refractivity contribution is 5.87. The Hall–Kier alpha value is -3.04. The van der Waals surface area contributed by atoms with Gasteiger partial charge in [-0.05, 0) is 60.6 Å². The third-order valence-corrected chi connectivity index (χ3v) is 7.00. The number of carbonyl (C=O) groups is 1. The van der Waals surface area contributed by atoms with E-state index in [-0.39, 0.29) is 11.9 Å². The number of nitrogens with zero attached hydrogens (tertiary/aromatic N) is 3. The Kier molecular flexibility index (Phi) is 5.52. The molecule has 2 aromatic rings. The first kappa shape index (κ1) is 20.8. The van der Waals surface area contributed by atoms with Crippen molar-refractivity contribution >= 4 is 17.3 Å². The molecule has 2 atom stereocenters. The summed E-state index contributed by atoms with van der Waals surface area (Å²) in [7, 11) is 0. The van der Waals surface area contributed by atoms with Gasteiger partial charge in [0, 0.05) is 44.1 Å². The molecule has 2 aromatic carbocycles. The lowest BCUT2D eigenvalue weighted by Crippen LogP contribution is -2.47. The van der Waals surface area contributed by atoms with E-state index in [4.69, 9.17) is 0 Å². The Bertz CT molecular complexity index is 1020. The van der Waals surface area contributed by atoms with Crippen LogP contribution in [0.25, 0.3) is 11.1 Å². The number of benzene rings is 2. The van der Waals surface area contributed by atoms with Crippen LogP contribution in [-0.2, 0) is 4.79 Å². The number of rotatable bonds is 5. The number of amides is 1. The minimum atomic E-state index is -0.622. The minimum absolute atomic E-state index is 0.0147. The topological polar surface area (TPSA) is 71.4 Å². The van der Waals surface area contributed by atoms with Crippen LogP contribution in [0.15, 0.2) is 48.5 Å². The Labute approximate surface area is 190 Å². The highest BCUT2D eigenvalue weighted by Crippen LogP contribution is 2.37. The van der Waals surface area contributed by atoms with Crippen LogP contribution in [0.2, 0.25) is 0 Å². The Morgan fingerprint density at radius 3 is 2.53 bits per heavy atom. The SMILES string of the molecule is C[C@H]1C[C@@H](C(=O)NC2(C#N)CC2)N(c2cccc(-c3ccc(N4CCNCC4)cc3)c2)C1. The molecule has 0 spiro atoms. The molecule has 2 saturated heterocycles. The molecule has 1 aliphatic carbocycles. The van der Waals surface area contributed by atoms with Gasteiger partial charge >= 0.3 is 0 Å². The van der Waals surface area contributed by atoms with Crippen LogP contribution < -0.4 is 20.4 Å². The maximum atomic E-state index is 13.0. The zero-order chi connectivity index (χ0) is 22.1. The van der Waals surface area contributed by atoms with Crippen LogP contribution in [-0.4, -0.2) is 50.2 Å². The number of carbonyl (C=O) groups excluding carboxylic acids is 1. The van der Waals surface area contributed by atoms with Crippen LogP contribution in [0.5, 0.6) is 0 Å². The van der Waals surface area contributed by atoms with Crippen LogP contribution >= 0.6 is 0 Å². The second kappa shape index (κ2) is 8.48. The predicted octanol–water partition coefficient (Wildman–Crippen LogP) is 3.15. The van der Waals surface area contributed by atoms with Crippen molar-refractivity contribution in [3.63, 3.8) is 0 Å². The van der Waals surface area contributed by atoms with Gasteiger partial charge < -0.3 is 20.4 Å². The number of hydrogen-bond acceptors (Lipinski definition) is 5. The van der Waals surface area contributed by atoms with Crippen molar-refractivity contribution in [2.75, 3.05) is 42.5 Å². The van der Waals surface area contributed by atoms with Gasteiger partial charge in [0.15, 0.2) is 0 Å². The van der Waals surface area contributed by atoms with E-state index in [1.165, 1.54) is 11.3 Å². The van der Waals surface area contributed by atoms with Crippen LogP contribution in [0.3, 0.4) is 0 Å². The molecular weight excluding hydrogens is 398 g/mol. The van der Waals surface area contributed by atoms with Crippen LogP contribution in [0.1, 0.15) is 26.2 Å². The molecule has 0 radical (unpaired) electrons. The van der Waals surface area contributed by atoms with Gasteiger partial charge in [-0.1, -0.05) is 31.2 Å². The van der Waals surface area contributed by atoms with E-state index < -0.39 is 5.54 Å². The Morgan fingerprint density at radius 1 is 1.09 bits per heavy atom. The quantitative estimate of drug-likeness (QED) is 0.764. The highest BCUT2D eigenvalue weighted by Gasteiger charge is 2.47. The summed E-state index contributed by atoms with van der Waals surface area (Å²) in [5.74, 6) is 0.420. The number of nitrogens with one attached hydrogen (secondary N) is 2. The van der Waals surface area contributed by atoms with Crippen molar-refractivity contribution in [1.29, 1.82) is 5.26 Å². The molecule has 1 saturated carbocycles. The maximum absolute atomic E-state index is 13.0. The third kappa shape index (κ3) is 4.18. The number of hydrogen-bond donors (Lipinski definition) is 2. The lowest BCUT2D eigenvalue weighted by molar-refractivity contribution is -0.122. The normalized spacial score (nSPS) is 24.1. The summed E-state index contributed by atoms with van der Waals surface area (Å²) in [6.07, 6.45) is 2.34. The smallest absolute Gasteiger partial charge is 0.243 e. The summed E-state index contributed by atoms with van der Waals surface area (Å²) in [5.41, 5.74) is 4.05. The molecule has 5 rings (SSSR count). The average Bonchev–Trinajstić information content (AvgIpc) is 3.50. The fraction of sp³-hybridized carbons (Fsp3) is 0.462. The average molecular weight is 430 g/mol. The number of anilines is 2. The molecule has 32 heavy (non-hydrogen) atoms. The van der Waals surface area contributed by atoms with Crippen molar-refractivity contribution in [3.05, 3.63) is 48.5 Å². The molecule has 166 valence electrons. The maximum Gasteiger partial charge on any atom is 0.243 e. The summed E-state index contributed by atoms with van der Waals surface area (Å²) < 4.78 is 0. The van der Waals surface area contributed by atoms with E-state index in [9.17, 15) is 10.1 Å². The summed E-state index contributed by atoms with van der Waals surface area (Å²) in [6.45, 7) is 7.18. The first-order chi connectivity index (χ1) is 15.6. The molecule has 6 nitrogen and oxygen atoms in total. The third-order valence-electron chi connectivity index (χ3n) is 7.00. The molecule has 3 aliphatic rings. The molecule has 0 aromatic heterocycles. The molecule has 6 heteroatoms. The lowest BCUT2D eigenvalue weighted by Gasteiger charge is -2.29. The van der Waals surface area contributed by atoms with Gasteiger partial charge in [0.2, 0.25) is 5.91 Å². The fourth-order valence-electron chi connectivity index (χ4n) is 4.94. The zero-order valence-electron chi connectivity index (χ0n) is 18.7. The van der Waals surface area contributed by atoms with Crippen LogP contribution in [0.4, 0.5) is 11.4 Å². The summed E-state index contributed by atoms with van der Waals surface area (Å²) in [6, 6.07) is 19.3. The van der Waals surface area contributed by atoms with E-state index in [0.717, 1.165) is 63.2 Å². The van der Waals surface area contributed by atoms with Gasteiger partial charge in [-0.2, -0.15) is 5.26 Å². The molecule has 2 heterocycles. The van der Waals surface area contributed by atoms with Gasteiger partial charge in [0.05, 0.1) is 6.07 Å². The molecule has 1 amide bonds. The van der Waals surface area contributed by atoms with Crippen molar-refractivity contribution in [1.82, 2.24) is 10.6 Å². The Morgan fingerprint density at radius 2 is 1.84 bits per heavy atom. The number of nitriles is 1. The van der Waals surface area contributed by atoms with Gasteiger partial charge in [-0.15, -0.1) is 0 Å². The van der Waals surface area contributed by atoms with E-state index >= 15 is 0 Å². The molecule has 2 aliphatic heterocycles. The van der Waals surface area contributed by atoms with Crippen molar-refractivity contribution in [2.45, 2.75) is 37.8 Å². The van der Waals surface area contributed by atoms with Crippen molar-refractivity contribution in [3.8, 4) is 17.2 Å². The Balaban J connectivity index is 1.34. The highest BCUT2D eigenvalue weighted by atomic mass is 16.2. The van der Waals surface area contributed by atoms with Gasteiger partial charge in [0.1, 0.15) is 11.6 Å². The minimum Gasteiger partial charge on any atom is -0.369 e. The summed E-state index contributed by atoms with van der Waals surface area (Å²) >= 11 is 0. The van der Waals surface area contributed by atoms with E-state index in [2.05, 4.69) is 82.0 Å². The predicted molar refractivity (Wildman–Crippen MR) is 128 cm³/mol. The lowest BCUT2D eigenvalue weighted by atomic mass is 10.0. The van der Waals surface area contributed by atoms with E-state index in [1.807, 2.05) is 0 Å². The van der Waals surface area contributed by atoms with E-state index in [1.54, 1.807) is 0 Å². The fourth-order valence-corrected chi connectivity index (χ4v) is 4.94. The summed E-state index contributed by atoms with van der Waals surface area (Å²) in [4.78, 5) is 17.6. The first-order valence-electron chi connectivity index (χ1n) is 11.7. The van der Waals surface area contributed by atoms with Crippen LogP contribution in [0, 0.1) is 17.2 Å². The molecule has 3 fully saturated rings. The second-order valence-corrected chi connectivity index (χ2v) is 9.53. The number of piperazine rings is 1. The second-order valence-electron chi connectivity index (χ2n) is 9.53. The molecule has 0 bridgehead atoms. The molecule has 0 unspecified atom stereocenters. The van der Waals surface area contributed by atoms with Crippen molar-refractivity contribution < 1.29 is 4.79 Å². The van der Waals surface area contributed by atoms with Gasteiger partial charge in [0.25, 0.3) is 0 Å². The van der Waals surface area contributed by atoms with Crippen molar-refractivity contribution in [2.24, 2.45) is 5.92 Å². The molecular formula is C26H31N5O. The standard InChI is InChI=1S/C26H31N5O/c1-19-15-24(25(32)29-26(18-27)9-10-26)31(17-19)23-4-2-3-21(16-23)20-5-7-22(8-6-20)30-13-11-28-12-14-30/h2-8,16,19,24,28H,9-15,17H2,1H3,(H,29,32)/t19-,24-/m0/s1. The molecule has 2 N–H and O–H groups in total. The van der Waals surface area contributed by atoms with E-state index in [0.29, 0.717) is 5.92 Å². The largest absolute Gasteiger partial charge is 0.369 e. The van der Waals surface area contributed by atoms with Gasteiger partial charge in [-0.25, -0.2) is 0 Å². The zero-order valence-corrected chi connectivity index (χ0v) is 18.7. The van der Waals surface area contributed by atoms with Gasteiger partial charge in [-0.3, -0.25) is 4.79 Å². The monoisotopic (exact) mass is 429 g/mol. The first-order valence-corrected chi connectivity index (χ1v) is 11.7.